The number of hydrogen-bond donors (Lipinski definition) is 0. The van der Waals surface area contributed by atoms with Gasteiger partial charge in [0, 0.05) is 19.2 Å². The third-order valence-electron chi connectivity index (χ3n) is 4.19. The summed E-state index contributed by atoms with van der Waals surface area (Å²) in [6, 6.07) is 5.24. The van der Waals surface area contributed by atoms with Gasteiger partial charge in [0.15, 0.2) is 5.76 Å². The van der Waals surface area contributed by atoms with Gasteiger partial charge in [-0.15, -0.1) is 0 Å². The van der Waals surface area contributed by atoms with E-state index in [1.807, 2.05) is 0 Å². The van der Waals surface area contributed by atoms with Crippen molar-refractivity contribution in [2.75, 3.05) is 26.3 Å². The predicted octanol–water partition coefficient (Wildman–Crippen LogP) is 2.25. The van der Waals surface area contributed by atoms with Crippen molar-refractivity contribution in [2.45, 2.75) is 26.4 Å². The SMILES string of the molecule is CCOC(=O)C1CCCN(C(=O)COCc2cc(-c3ccco3)on2)C1. The predicted molar refractivity (Wildman–Crippen MR) is 89.8 cm³/mol. The third-order valence-corrected chi connectivity index (χ3v) is 4.19. The zero-order chi connectivity index (χ0) is 18.4. The second-order valence-electron chi connectivity index (χ2n) is 6.08. The van der Waals surface area contributed by atoms with Crippen molar-refractivity contribution < 1.29 is 28.0 Å². The van der Waals surface area contributed by atoms with Crippen LogP contribution in [0.25, 0.3) is 11.5 Å². The smallest absolute Gasteiger partial charge is 0.310 e. The highest BCUT2D eigenvalue weighted by Gasteiger charge is 2.29. The zero-order valence-corrected chi connectivity index (χ0v) is 14.7. The number of piperidine rings is 1. The lowest BCUT2D eigenvalue weighted by atomic mass is 9.98. The van der Waals surface area contributed by atoms with E-state index in [2.05, 4.69) is 5.16 Å². The van der Waals surface area contributed by atoms with Crippen molar-refractivity contribution in [2.24, 2.45) is 5.92 Å². The van der Waals surface area contributed by atoms with E-state index in [9.17, 15) is 9.59 Å². The molecule has 26 heavy (non-hydrogen) atoms. The van der Waals surface area contributed by atoms with E-state index in [0.29, 0.717) is 36.9 Å². The van der Waals surface area contributed by atoms with Gasteiger partial charge in [0.25, 0.3) is 0 Å². The van der Waals surface area contributed by atoms with Crippen molar-refractivity contribution in [1.29, 1.82) is 0 Å². The van der Waals surface area contributed by atoms with Gasteiger partial charge in [-0.25, -0.2) is 0 Å². The van der Waals surface area contributed by atoms with Gasteiger partial charge < -0.3 is 23.3 Å². The Morgan fingerprint density at radius 3 is 3.04 bits per heavy atom. The van der Waals surface area contributed by atoms with E-state index >= 15 is 0 Å². The first kappa shape index (κ1) is 18.2. The molecule has 1 unspecified atom stereocenters. The summed E-state index contributed by atoms with van der Waals surface area (Å²) in [5.41, 5.74) is 0.576. The largest absolute Gasteiger partial charge is 0.466 e. The minimum absolute atomic E-state index is 0.0709. The van der Waals surface area contributed by atoms with Crippen LogP contribution in [0, 0.1) is 5.92 Å². The molecule has 1 amide bonds. The summed E-state index contributed by atoms with van der Waals surface area (Å²) in [4.78, 5) is 25.8. The average molecular weight is 362 g/mol. The summed E-state index contributed by atoms with van der Waals surface area (Å²) in [5, 5.41) is 3.89. The van der Waals surface area contributed by atoms with Gasteiger partial charge in [0.05, 0.1) is 25.4 Å². The maximum Gasteiger partial charge on any atom is 0.310 e. The van der Waals surface area contributed by atoms with Crippen LogP contribution in [0.5, 0.6) is 0 Å². The summed E-state index contributed by atoms with van der Waals surface area (Å²) in [7, 11) is 0. The first-order valence-electron chi connectivity index (χ1n) is 8.69. The molecule has 0 bridgehead atoms. The fourth-order valence-corrected chi connectivity index (χ4v) is 2.91. The molecule has 0 aliphatic carbocycles. The molecule has 0 saturated carbocycles. The van der Waals surface area contributed by atoms with E-state index in [4.69, 9.17) is 18.4 Å². The maximum absolute atomic E-state index is 12.3. The van der Waals surface area contributed by atoms with Crippen LogP contribution in [0.3, 0.4) is 0 Å². The minimum atomic E-state index is -0.251. The van der Waals surface area contributed by atoms with Crippen LogP contribution in [0.2, 0.25) is 0 Å². The van der Waals surface area contributed by atoms with Crippen molar-refractivity contribution >= 4 is 11.9 Å². The van der Waals surface area contributed by atoms with Crippen LogP contribution in [0.15, 0.2) is 33.4 Å². The molecule has 8 heteroatoms. The molecule has 1 aliphatic rings. The number of esters is 1. The zero-order valence-electron chi connectivity index (χ0n) is 14.7. The van der Waals surface area contributed by atoms with Gasteiger partial charge in [0.2, 0.25) is 11.7 Å². The lowest BCUT2D eigenvalue weighted by Crippen LogP contribution is -2.44. The third kappa shape index (κ3) is 4.51. The molecular formula is C18H22N2O6. The van der Waals surface area contributed by atoms with Gasteiger partial charge in [-0.05, 0) is 31.9 Å². The monoisotopic (exact) mass is 362 g/mol. The first-order chi connectivity index (χ1) is 12.7. The summed E-state index contributed by atoms with van der Waals surface area (Å²) < 4.78 is 20.9. The highest BCUT2D eigenvalue weighted by molar-refractivity contribution is 5.79. The van der Waals surface area contributed by atoms with Gasteiger partial charge in [-0.2, -0.15) is 0 Å². The van der Waals surface area contributed by atoms with Crippen LogP contribution in [-0.4, -0.2) is 48.2 Å². The molecule has 1 saturated heterocycles. The van der Waals surface area contributed by atoms with Crippen molar-refractivity contribution in [3.63, 3.8) is 0 Å². The Kier molecular flexibility index (Phi) is 6.06. The van der Waals surface area contributed by atoms with E-state index in [-0.39, 0.29) is 31.0 Å². The topological polar surface area (TPSA) is 95.0 Å². The number of nitrogens with zero attached hydrogens (tertiary/aromatic N) is 2. The Balaban J connectivity index is 1.44. The summed E-state index contributed by atoms with van der Waals surface area (Å²) >= 11 is 0. The molecule has 0 aromatic carbocycles. The second-order valence-corrected chi connectivity index (χ2v) is 6.08. The number of aromatic nitrogens is 1. The lowest BCUT2D eigenvalue weighted by molar-refractivity contribution is -0.152. The van der Waals surface area contributed by atoms with Crippen molar-refractivity contribution in [1.82, 2.24) is 10.1 Å². The lowest BCUT2D eigenvalue weighted by Gasteiger charge is -2.31. The van der Waals surface area contributed by atoms with E-state index in [1.165, 1.54) is 0 Å². The fraction of sp³-hybridized carbons (Fsp3) is 0.500. The van der Waals surface area contributed by atoms with E-state index in [0.717, 1.165) is 12.8 Å². The quantitative estimate of drug-likeness (QED) is 0.697. The highest BCUT2D eigenvalue weighted by Crippen LogP contribution is 2.21. The Hall–Kier alpha value is -2.61. The Morgan fingerprint density at radius 1 is 1.38 bits per heavy atom. The molecule has 8 nitrogen and oxygen atoms in total. The van der Waals surface area contributed by atoms with E-state index < -0.39 is 0 Å². The second kappa shape index (κ2) is 8.66. The molecular weight excluding hydrogens is 340 g/mol. The average Bonchev–Trinajstić information content (AvgIpc) is 3.33. The summed E-state index contributed by atoms with van der Waals surface area (Å²) in [6.45, 7) is 3.23. The maximum atomic E-state index is 12.3. The Morgan fingerprint density at radius 2 is 2.27 bits per heavy atom. The van der Waals surface area contributed by atoms with Crippen molar-refractivity contribution in [3.05, 3.63) is 30.2 Å². The molecule has 1 fully saturated rings. The normalized spacial score (nSPS) is 17.3. The van der Waals surface area contributed by atoms with Crippen LogP contribution in [0.4, 0.5) is 0 Å². The number of likely N-dealkylation sites (tertiary alicyclic amines) is 1. The molecule has 2 aromatic rings. The molecule has 0 radical (unpaired) electrons. The van der Waals surface area contributed by atoms with Crippen LogP contribution in [-0.2, 0) is 25.7 Å². The number of amides is 1. The van der Waals surface area contributed by atoms with Crippen LogP contribution in [0.1, 0.15) is 25.5 Å². The molecule has 0 spiro atoms. The van der Waals surface area contributed by atoms with E-state index in [1.54, 1.807) is 36.3 Å². The molecule has 2 aromatic heterocycles. The molecule has 1 aliphatic heterocycles. The van der Waals surface area contributed by atoms with Gasteiger partial charge in [0.1, 0.15) is 12.3 Å². The van der Waals surface area contributed by atoms with Gasteiger partial charge in [-0.3, -0.25) is 9.59 Å². The Bertz CT molecular complexity index is 724. The fourth-order valence-electron chi connectivity index (χ4n) is 2.91. The number of hydrogen-bond acceptors (Lipinski definition) is 7. The molecule has 140 valence electrons. The first-order valence-corrected chi connectivity index (χ1v) is 8.69. The van der Waals surface area contributed by atoms with Crippen LogP contribution < -0.4 is 0 Å². The number of carbonyl (C=O) groups is 2. The minimum Gasteiger partial charge on any atom is -0.466 e. The number of furan rings is 1. The van der Waals surface area contributed by atoms with Gasteiger partial charge >= 0.3 is 5.97 Å². The summed E-state index contributed by atoms with van der Waals surface area (Å²) in [5.74, 6) is 0.457. The Labute approximate surface area is 151 Å². The molecule has 1 atom stereocenters. The van der Waals surface area contributed by atoms with Gasteiger partial charge in [-0.1, -0.05) is 5.16 Å². The van der Waals surface area contributed by atoms with Crippen LogP contribution >= 0.6 is 0 Å². The van der Waals surface area contributed by atoms with Crippen molar-refractivity contribution in [3.8, 4) is 11.5 Å². The number of ether oxygens (including phenoxy) is 2. The standard InChI is InChI=1S/C18H22N2O6/c1-2-24-18(22)13-5-3-7-20(10-13)17(21)12-23-11-14-9-16(26-19-14)15-6-4-8-25-15/h4,6,8-9,13H,2-3,5,7,10-12H2,1H3. The molecule has 0 N–H and O–H groups in total. The summed E-state index contributed by atoms with van der Waals surface area (Å²) in [6.07, 6.45) is 3.08. The number of rotatable bonds is 7. The number of carbonyl (C=O) groups excluding carboxylic acids is 2. The highest BCUT2D eigenvalue weighted by atomic mass is 16.5. The molecule has 3 rings (SSSR count). The molecule has 3 heterocycles.